The summed E-state index contributed by atoms with van der Waals surface area (Å²) in [5, 5.41) is 6.61. The van der Waals surface area contributed by atoms with E-state index >= 15 is 0 Å². The van der Waals surface area contributed by atoms with Gasteiger partial charge in [0.25, 0.3) is 0 Å². The van der Waals surface area contributed by atoms with Gasteiger partial charge < -0.3 is 19.5 Å². The molecule has 0 radical (unpaired) electrons. The van der Waals surface area contributed by atoms with E-state index in [-0.39, 0.29) is 24.2 Å². The first-order chi connectivity index (χ1) is 13.3. The Morgan fingerprint density at radius 3 is 2.89 bits per heavy atom. The van der Waals surface area contributed by atoms with Crippen molar-refractivity contribution in [1.29, 1.82) is 0 Å². The number of fused-ring (bicyclic) bond motifs is 5. The van der Waals surface area contributed by atoms with Crippen molar-refractivity contribution in [3.8, 4) is 0 Å². The summed E-state index contributed by atoms with van der Waals surface area (Å²) in [5.74, 6) is -5.90. The molecule has 8 nitrogen and oxygen atoms in total. The first-order valence-corrected chi connectivity index (χ1v) is 8.46. The van der Waals surface area contributed by atoms with Crippen LogP contribution in [0.1, 0.15) is 11.1 Å². The van der Waals surface area contributed by atoms with E-state index in [0.29, 0.717) is 10.7 Å². The highest BCUT2D eigenvalue weighted by molar-refractivity contribution is 6.08. The summed E-state index contributed by atoms with van der Waals surface area (Å²) >= 11 is 0. The lowest BCUT2D eigenvalue weighted by atomic mass is 9.96. The zero-order chi connectivity index (χ0) is 19.8. The van der Waals surface area contributed by atoms with Gasteiger partial charge in [-0.1, -0.05) is 5.16 Å². The monoisotopic (exact) mass is 394 g/mol. The molecule has 1 aromatic carbocycles. The number of carbonyl (C=O) groups excluding carboxylic acids is 2. The minimum atomic E-state index is -3.85. The number of amides is 2. The number of alkyl halides is 2. The normalized spacial score (nSPS) is 24.3. The fourth-order valence-electron chi connectivity index (χ4n) is 4.13. The Kier molecular flexibility index (Phi) is 3.26. The van der Waals surface area contributed by atoms with Crippen LogP contribution in [0.3, 0.4) is 0 Å². The van der Waals surface area contributed by atoms with Crippen molar-refractivity contribution in [3.63, 3.8) is 0 Å². The Bertz CT molecular complexity index is 1010. The van der Waals surface area contributed by atoms with E-state index < -0.39 is 47.1 Å². The summed E-state index contributed by atoms with van der Waals surface area (Å²) in [6.45, 7) is 0.160. The summed E-state index contributed by atoms with van der Waals surface area (Å²) in [5.41, 5.74) is -1.01. The zero-order valence-electron chi connectivity index (χ0n) is 14.4. The van der Waals surface area contributed by atoms with Gasteiger partial charge in [0, 0.05) is 19.2 Å². The van der Waals surface area contributed by atoms with Crippen LogP contribution in [0.4, 0.5) is 35.2 Å². The average molecular weight is 394 g/mol. The summed E-state index contributed by atoms with van der Waals surface area (Å²) in [6, 6.07) is 1.97. The second-order valence-corrected chi connectivity index (χ2v) is 6.85. The first kappa shape index (κ1) is 16.9. The van der Waals surface area contributed by atoms with E-state index in [1.54, 1.807) is 6.07 Å². The summed E-state index contributed by atoms with van der Waals surface area (Å²) in [7, 11) is 1.10. The highest BCUT2D eigenvalue weighted by Crippen LogP contribution is 2.53. The van der Waals surface area contributed by atoms with Crippen LogP contribution >= 0.6 is 0 Å². The molecular formula is C17H13F3N4O4. The Balaban J connectivity index is 1.53. The number of hydrogen-bond donors (Lipinski definition) is 1. The Labute approximate surface area is 155 Å². The number of likely N-dealkylation sites (N-methyl/N-ethyl adjacent to an activating group) is 1. The van der Waals surface area contributed by atoms with E-state index in [0.717, 1.165) is 13.1 Å². The maximum absolute atomic E-state index is 14.6. The smallest absolute Gasteiger partial charge is 0.415 e. The molecule has 2 atom stereocenters. The van der Waals surface area contributed by atoms with Crippen LogP contribution in [0.25, 0.3) is 0 Å². The van der Waals surface area contributed by atoms with Crippen LogP contribution < -0.4 is 15.1 Å². The van der Waals surface area contributed by atoms with E-state index in [1.807, 2.05) is 0 Å². The maximum atomic E-state index is 14.6. The molecule has 146 valence electrons. The summed E-state index contributed by atoms with van der Waals surface area (Å²) in [6.07, 6.45) is -0.0525. The molecular weight excluding hydrogens is 381 g/mol. The van der Waals surface area contributed by atoms with Crippen LogP contribution in [0, 0.1) is 5.82 Å². The average Bonchev–Trinajstić information content (AvgIpc) is 3.37. The van der Waals surface area contributed by atoms with Gasteiger partial charge in [0.1, 0.15) is 18.2 Å². The summed E-state index contributed by atoms with van der Waals surface area (Å²) < 4.78 is 53.8. The van der Waals surface area contributed by atoms with Gasteiger partial charge in [0.05, 0.1) is 29.5 Å². The van der Waals surface area contributed by atoms with E-state index in [4.69, 9.17) is 9.26 Å². The van der Waals surface area contributed by atoms with Crippen molar-refractivity contribution in [1.82, 2.24) is 5.16 Å². The third-order valence-electron chi connectivity index (χ3n) is 5.36. The molecule has 1 N–H and O–H groups in total. The quantitative estimate of drug-likeness (QED) is 0.859. The third kappa shape index (κ3) is 2.04. The van der Waals surface area contributed by atoms with E-state index in [1.165, 1.54) is 11.2 Å². The molecule has 0 spiro atoms. The Morgan fingerprint density at radius 2 is 2.18 bits per heavy atom. The first-order valence-electron chi connectivity index (χ1n) is 8.46. The van der Waals surface area contributed by atoms with Gasteiger partial charge in [-0.05, 0) is 12.0 Å². The Hall–Kier alpha value is -3.24. The molecule has 3 aliphatic heterocycles. The van der Waals surface area contributed by atoms with Crippen LogP contribution in [-0.4, -0.2) is 42.9 Å². The van der Waals surface area contributed by atoms with Gasteiger partial charge in [-0.2, -0.15) is 8.78 Å². The lowest BCUT2D eigenvalue weighted by Crippen LogP contribution is -2.37. The molecule has 1 unspecified atom stereocenters. The largest absolute Gasteiger partial charge is 0.442 e. The SMILES string of the molecule is CN1C(=O)C(F)(F)c2c3c(cc(F)c21)N1C(=O)OC(CNc2ccon2)[C@@H]1C3. The molecule has 5 rings (SSSR count). The van der Waals surface area contributed by atoms with Crippen molar-refractivity contribution < 1.29 is 32.0 Å². The van der Waals surface area contributed by atoms with Gasteiger partial charge in [-0.25, -0.2) is 9.18 Å². The fraction of sp³-hybridized carbons (Fsp3) is 0.353. The van der Waals surface area contributed by atoms with Crippen LogP contribution in [0.15, 0.2) is 22.9 Å². The molecule has 2 amide bonds. The number of hydrogen-bond acceptors (Lipinski definition) is 6. The second-order valence-electron chi connectivity index (χ2n) is 6.85. The van der Waals surface area contributed by atoms with Crippen molar-refractivity contribution in [2.75, 3.05) is 28.7 Å². The number of nitrogens with one attached hydrogen (secondary N) is 1. The lowest BCUT2D eigenvalue weighted by molar-refractivity contribution is -0.141. The maximum Gasteiger partial charge on any atom is 0.415 e. The van der Waals surface area contributed by atoms with Crippen LogP contribution in [0.5, 0.6) is 0 Å². The molecule has 0 saturated carbocycles. The molecule has 2 aromatic rings. The van der Waals surface area contributed by atoms with Crippen LogP contribution in [0.2, 0.25) is 0 Å². The molecule has 11 heteroatoms. The molecule has 1 fully saturated rings. The molecule has 28 heavy (non-hydrogen) atoms. The number of benzene rings is 1. The predicted octanol–water partition coefficient (Wildman–Crippen LogP) is 2.24. The molecule has 1 aromatic heterocycles. The number of ether oxygens (including phenoxy) is 1. The molecule has 0 bridgehead atoms. The van der Waals surface area contributed by atoms with Crippen molar-refractivity contribution in [2.45, 2.75) is 24.5 Å². The highest BCUT2D eigenvalue weighted by Gasteiger charge is 2.58. The lowest BCUT2D eigenvalue weighted by Gasteiger charge is -2.17. The number of anilines is 3. The van der Waals surface area contributed by atoms with E-state index in [9.17, 15) is 22.8 Å². The molecule has 1 saturated heterocycles. The third-order valence-corrected chi connectivity index (χ3v) is 5.36. The van der Waals surface area contributed by atoms with Gasteiger partial charge in [-0.15, -0.1) is 0 Å². The highest BCUT2D eigenvalue weighted by atomic mass is 19.3. The topological polar surface area (TPSA) is 87.9 Å². The molecule has 3 aliphatic rings. The summed E-state index contributed by atoms with van der Waals surface area (Å²) in [4.78, 5) is 26.1. The van der Waals surface area contributed by atoms with Crippen molar-refractivity contribution in [2.24, 2.45) is 0 Å². The predicted molar refractivity (Wildman–Crippen MR) is 88.9 cm³/mol. The molecule has 0 aliphatic carbocycles. The minimum Gasteiger partial charge on any atom is -0.442 e. The van der Waals surface area contributed by atoms with Gasteiger partial charge in [0.2, 0.25) is 0 Å². The Morgan fingerprint density at radius 1 is 1.39 bits per heavy atom. The number of nitrogens with zero attached hydrogens (tertiary/aromatic N) is 3. The van der Waals surface area contributed by atoms with Crippen LogP contribution in [-0.2, 0) is 21.9 Å². The number of cyclic esters (lactones) is 1. The minimum absolute atomic E-state index is 0.0120. The van der Waals surface area contributed by atoms with E-state index in [2.05, 4.69) is 10.5 Å². The number of rotatable bonds is 3. The van der Waals surface area contributed by atoms with Gasteiger partial charge in [0.15, 0.2) is 5.82 Å². The van der Waals surface area contributed by atoms with Crippen molar-refractivity contribution in [3.05, 3.63) is 35.3 Å². The fourth-order valence-corrected chi connectivity index (χ4v) is 4.13. The number of carbonyl (C=O) groups is 2. The number of aromatic nitrogens is 1. The number of halogens is 3. The second kappa shape index (κ2) is 5.40. The van der Waals surface area contributed by atoms with Gasteiger partial charge >= 0.3 is 17.9 Å². The van der Waals surface area contributed by atoms with Crippen molar-refractivity contribution >= 4 is 29.2 Å². The molecule has 4 heterocycles. The standard InChI is InChI=1S/C17H13F3N4O4/c1-23-14-8(18)5-9-7(13(14)17(19,20)15(23)25)4-10-11(28-16(26)24(9)10)6-21-12-2-3-27-22-12/h2-3,5,10-11H,4,6H2,1H3,(H,21,22)/t10-,11?/m0/s1. The zero-order valence-corrected chi connectivity index (χ0v) is 14.4. The van der Waals surface area contributed by atoms with Gasteiger partial charge in [-0.3, -0.25) is 9.69 Å².